The molecule has 2 rings (SSSR count). The highest BCUT2D eigenvalue weighted by Gasteiger charge is 2.29. The van der Waals surface area contributed by atoms with Crippen molar-refractivity contribution in [1.82, 2.24) is 20.6 Å². The van der Waals surface area contributed by atoms with Crippen molar-refractivity contribution in [2.75, 3.05) is 25.0 Å². The minimum atomic E-state index is -4.48. The van der Waals surface area contributed by atoms with Gasteiger partial charge in [-0.2, -0.15) is 13.2 Å². The number of hydrogen-bond acceptors (Lipinski definition) is 5. The van der Waals surface area contributed by atoms with Gasteiger partial charge >= 0.3 is 12.2 Å². The van der Waals surface area contributed by atoms with Crippen LogP contribution in [-0.4, -0.2) is 41.9 Å². The fourth-order valence-electron chi connectivity index (χ4n) is 1.98. The van der Waals surface area contributed by atoms with Crippen molar-refractivity contribution in [3.63, 3.8) is 0 Å². The molecular formula is C16H16Cl2F3N5O2. The van der Waals surface area contributed by atoms with E-state index >= 15 is 0 Å². The van der Waals surface area contributed by atoms with Crippen LogP contribution in [0, 0.1) is 0 Å². The molecule has 3 N–H and O–H groups in total. The molecule has 0 saturated heterocycles. The number of carbonyl (C=O) groups is 1. The maximum absolute atomic E-state index is 12.3. The first-order chi connectivity index (χ1) is 13.2. The maximum Gasteiger partial charge on any atom is 0.422 e. The van der Waals surface area contributed by atoms with Crippen LogP contribution in [0.2, 0.25) is 10.0 Å². The molecule has 0 bridgehead atoms. The molecule has 2 aromatic rings. The van der Waals surface area contributed by atoms with Gasteiger partial charge in [0.2, 0.25) is 5.88 Å². The monoisotopic (exact) mass is 437 g/mol. The van der Waals surface area contributed by atoms with Crippen molar-refractivity contribution >= 4 is 35.1 Å². The van der Waals surface area contributed by atoms with E-state index in [0.717, 1.165) is 0 Å². The smallest absolute Gasteiger partial charge is 0.422 e. The van der Waals surface area contributed by atoms with Crippen LogP contribution in [0.15, 0.2) is 30.6 Å². The van der Waals surface area contributed by atoms with Gasteiger partial charge in [-0.05, 0) is 12.1 Å². The Balaban J connectivity index is 1.74. The summed E-state index contributed by atoms with van der Waals surface area (Å²) in [7, 11) is 0. The van der Waals surface area contributed by atoms with Gasteiger partial charge in [-0.25, -0.2) is 14.8 Å². The number of rotatable bonds is 8. The lowest BCUT2D eigenvalue weighted by Gasteiger charge is -2.13. The Morgan fingerprint density at radius 1 is 1.18 bits per heavy atom. The Morgan fingerprint density at radius 2 is 1.96 bits per heavy atom. The number of pyridine rings is 2. The van der Waals surface area contributed by atoms with E-state index in [4.69, 9.17) is 23.2 Å². The molecule has 28 heavy (non-hydrogen) atoms. The number of carbonyl (C=O) groups excluding carboxylic acids is 1. The van der Waals surface area contributed by atoms with E-state index in [0.29, 0.717) is 28.0 Å². The van der Waals surface area contributed by atoms with Crippen molar-refractivity contribution < 1.29 is 22.7 Å². The van der Waals surface area contributed by atoms with E-state index in [9.17, 15) is 18.0 Å². The minimum absolute atomic E-state index is 0.0507. The van der Waals surface area contributed by atoms with Crippen molar-refractivity contribution in [2.45, 2.75) is 12.7 Å². The molecule has 0 aliphatic carbocycles. The molecule has 0 atom stereocenters. The lowest BCUT2D eigenvalue weighted by molar-refractivity contribution is -0.154. The molecule has 2 aromatic heterocycles. The van der Waals surface area contributed by atoms with Crippen LogP contribution >= 0.6 is 23.2 Å². The van der Waals surface area contributed by atoms with Crippen LogP contribution in [0.4, 0.5) is 23.8 Å². The zero-order valence-corrected chi connectivity index (χ0v) is 15.8. The van der Waals surface area contributed by atoms with E-state index in [1.807, 2.05) is 0 Å². The van der Waals surface area contributed by atoms with Gasteiger partial charge in [0.05, 0.1) is 10.0 Å². The first-order valence-corrected chi connectivity index (χ1v) is 8.70. The number of halogens is 5. The maximum atomic E-state index is 12.3. The largest absolute Gasteiger partial charge is 0.468 e. The van der Waals surface area contributed by atoms with Crippen molar-refractivity contribution in [1.29, 1.82) is 0 Å². The second kappa shape index (κ2) is 10.2. The summed E-state index contributed by atoms with van der Waals surface area (Å²) < 4.78 is 41.5. The van der Waals surface area contributed by atoms with E-state index < -0.39 is 18.8 Å². The lowest BCUT2D eigenvalue weighted by Crippen LogP contribution is -2.37. The van der Waals surface area contributed by atoms with Gasteiger partial charge < -0.3 is 20.7 Å². The zero-order chi connectivity index (χ0) is 20.6. The Morgan fingerprint density at radius 3 is 2.68 bits per heavy atom. The van der Waals surface area contributed by atoms with Crippen LogP contribution in [-0.2, 0) is 6.54 Å². The van der Waals surface area contributed by atoms with E-state index in [1.165, 1.54) is 30.6 Å². The lowest BCUT2D eigenvalue weighted by atomic mass is 10.2. The van der Waals surface area contributed by atoms with Crippen molar-refractivity contribution in [2.24, 2.45) is 0 Å². The Bertz CT molecular complexity index is 808. The van der Waals surface area contributed by atoms with Gasteiger partial charge in [-0.1, -0.05) is 29.3 Å². The summed E-state index contributed by atoms with van der Waals surface area (Å²) in [5.41, 5.74) is 0.317. The molecule has 0 fully saturated rings. The summed E-state index contributed by atoms with van der Waals surface area (Å²) in [5, 5.41) is 8.78. The molecular weight excluding hydrogens is 422 g/mol. The third-order valence-electron chi connectivity index (χ3n) is 3.17. The van der Waals surface area contributed by atoms with Crippen LogP contribution < -0.4 is 20.7 Å². The van der Waals surface area contributed by atoms with Crippen LogP contribution in [0.25, 0.3) is 0 Å². The molecule has 2 heterocycles. The summed E-state index contributed by atoms with van der Waals surface area (Å²) in [4.78, 5) is 19.6. The quantitative estimate of drug-likeness (QED) is 0.548. The van der Waals surface area contributed by atoms with Gasteiger partial charge in [0.15, 0.2) is 6.61 Å². The van der Waals surface area contributed by atoms with E-state index in [-0.39, 0.29) is 19.0 Å². The average Bonchev–Trinajstić information content (AvgIpc) is 2.63. The van der Waals surface area contributed by atoms with Gasteiger partial charge in [0, 0.05) is 37.6 Å². The molecule has 0 saturated carbocycles. The molecule has 0 radical (unpaired) electrons. The molecule has 0 aromatic carbocycles. The topological polar surface area (TPSA) is 88.2 Å². The third-order valence-corrected chi connectivity index (χ3v) is 3.67. The fraction of sp³-hybridized carbons (Fsp3) is 0.312. The summed E-state index contributed by atoms with van der Waals surface area (Å²) in [6, 6.07) is 4.06. The zero-order valence-electron chi connectivity index (χ0n) is 14.3. The second-order valence-electron chi connectivity index (χ2n) is 5.39. The minimum Gasteiger partial charge on any atom is -0.468 e. The Labute approximate surface area is 168 Å². The highest BCUT2D eigenvalue weighted by atomic mass is 35.5. The molecule has 7 nitrogen and oxygen atoms in total. The molecule has 152 valence electrons. The van der Waals surface area contributed by atoms with Gasteiger partial charge in [0.25, 0.3) is 0 Å². The molecule has 0 aliphatic rings. The number of aromatic nitrogens is 2. The normalized spacial score (nSPS) is 11.0. The number of nitrogens with one attached hydrogen (secondary N) is 3. The number of anilines is 1. The molecule has 2 amide bonds. The highest BCUT2D eigenvalue weighted by molar-refractivity contribution is 6.35. The molecule has 0 spiro atoms. The first kappa shape index (κ1) is 21.8. The second-order valence-corrected chi connectivity index (χ2v) is 6.24. The summed E-state index contributed by atoms with van der Waals surface area (Å²) in [5.74, 6) is 0.236. The predicted molar refractivity (Wildman–Crippen MR) is 98.8 cm³/mol. The van der Waals surface area contributed by atoms with Crippen LogP contribution in [0.3, 0.4) is 0 Å². The van der Waals surface area contributed by atoms with Crippen molar-refractivity contribution in [3.8, 4) is 5.88 Å². The van der Waals surface area contributed by atoms with Crippen LogP contribution in [0.5, 0.6) is 5.88 Å². The van der Waals surface area contributed by atoms with Crippen molar-refractivity contribution in [3.05, 3.63) is 46.2 Å². The van der Waals surface area contributed by atoms with Gasteiger partial charge in [0.1, 0.15) is 5.82 Å². The predicted octanol–water partition coefficient (Wildman–Crippen LogP) is 3.64. The standard InChI is InChI=1S/C16H16Cl2F3N5O2/c17-11-6-12(18)13(25-8-11)22-4-5-24-15(27)26-7-10-2-1-3-23-14(10)28-9-16(19,20)21/h1-3,6,8H,4-5,7,9H2,(H,22,25)(H2,24,26,27). The van der Waals surface area contributed by atoms with Gasteiger partial charge in [-0.3, -0.25) is 0 Å². The number of hydrogen-bond donors (Lipinski definition) is 3. The summed E-state index contributed by atoms with van der Waals surface area (Å²) in [6.45, 7) is -0.924. The van der Waals surface area contributed by atoms with E-state index in [2.05, 4.69) is 30.7 Å². The van der Waals surface area contributed by atoms with Crippen LogP contribution in [0.1, 0.15) is 5.56 Å². The number of alkyl halides is 3. The van der Waals surface area contributed by atoms with E-state index in [1.54, 1.807) is 0 Å². The number of amides is 2. The number of nitrogens with zero attached hydrogens (tertiary/aromatic N) is 2. The SMILES string of the molecule is O=C(NCCNc1ncc(Cl)cc1Cl)NCc1cccnc1OCC(F)(F)F. The molecule has 0 unspecified atom stereocenters. The third kappa shape index (κ3) is 7.65. The van der Waals surface area contributed by atoms with Gasteiger partial charge in [-0.15, -0.1) is 0 Å². The summed E-state index contributed by atoms with van der Waals surface area (Å²) >= 11 is 11.7. The highest BCUT2D eigenvalue weighted by Crippen LogP contribution is 2.22. The average molecular weight is 438 g/mol. The Kier molecular flexibility index (Phi) is 7.94. The Hall–Kier alpha value is -2.46. The number of ether oxygens (including phenoxy) is 1. The first-order valence-electron chi connectivity index (χ1n) is 7.94. The fourth-order valence-corrected chi connectivity index (χ4v) is 2.43. The molecule has 12 heteroatoms. The number of urea groups is 1. The summed E-state index contributed by atoms with van der Waals surface area (Å²) in [6.07, 6.45) is -1.74. The molecule has 0 aliphatic heterocycles.